The molecule has 1 aliphatic carbocycles. The minimum Gasteiger partial charge on any atom is -0.352 e. The first-order valence-electron chi connectivity index (χ1n) is 10.5. The number of nitrogens with zero attached hydrogens (tertiary/aromatic N) is 4. The van der Waals surface area contributed by atoms with E-state index in [9.17, 15) is 13.2 Å². The zero-order chi connectivity index (χ0) is 21.9. The summed E-state index contributed by atoms with van der Waals surface area (Å²) in [5, 5.41) is 6.54. The van der Waals surface area contributed by atoms with E-state index >= 15 is 0 Å². The molecule has 0 radical (unpaired) electrons. The second-order valence-electron chi connectivity index (χ2n) is 8.28. The highest BCUT2D eigenvalue weighted by Gasteiger charge is 2.33. The first-order valence-corrected chi connectivity index (χ1v) is 10.5. The standard InChI is InChI=1S/C21H29F3N6/c1-5-12(2)11-13(3)25-19-28-18(16-7-6-8-17(27-16)21(22,23)24)29-20(30-19)26-14(4)15-9-10-15/h6-8,12-15H,5,9-11H2,1-4H3,(H2,25,26,28,29,30). The van der Waals surface area contributed by atoms with Crippen molar-refractivity contribution in [3.8, 4) is 11.5 Å². The van der Waals surface area contributed by atoms with Crippen molar-refractivity contribution < 1.29 is 13.2 Å². The molecule has 3 atom stereocenters. The van der Waals surface area contributed by atoms with Gasteiger partial charge in [0.05, 0.1) is 0 Å². The molecule has 1 saturated carbocycles. The SMILES string of the molecule is CCC(C)CC(C)Nc1nc(NC(C)C2CC2)nc(-c2cccc(C(F)(F)F)n2)n1. The Morgan fingerprint density at radius 3 is 2.27 bits per heavy atom. The Hall–Kier alpha value is -2.45. The van der Waals surface area contributed by atoms with Crippen LogP contribution >= 0.6 is 0 Å². The fourth-order valence-corrected chi connectivity index (χ4v) is 3.30. The van der Waals surface area contributed by atoms with Gasteiger partial charge in [-0.15, -0.1) is 0 Å². The molecule has 0 saturated heterocycles. The molecule has 3 rings (SSSR count). The second-order valence-corrected chi connectivity index (χ2v) is 8.28. The van der Waals surface area contributed by atoms with Crippen molar-refractivity contribution in [2.75, 3.05) is 10.6 Å². The number of anilines is 2. The smallest absolute Gasteiger partial charge is 0.352 e. The third-order valence-electron chi connectivity index (χ3n) is 5.42. The van der Waals surface area contributed by atoms with Crippen LogP contribution in [0.1, 0.15) is 59.1 Å². The molecular formula is C21H29F3N6. The van der Waals surface area contributed by atoms with Gasteiger partial charge in [-0.3, -0.25) is 0 Å². The Morgan fingerprint density at radius 1 is 1.00 bits per heavy atom. The monoisotopic (exact) mass is 422 g/mol. The van der Waals surface area contributed by atoms with E-state index in [1.54, 1.807) is 0 Å². The van der Waals surface area contributed by atoms with Crippen LogP contribution in [0, 0.1) is 11.8 Å². The normalized spacial score (nSPS) is 17.3. The van der Waals surface area contributed by atoms with E-state index in [1.807, 2.05) is 6.92 Å². The fraction of sp³-hybridized carbons (Fsp3) is 0.619. The Morgan fingerprint density at radius 2 is 1.67 bits per heavy atom. The van der Waals surface area contributed by atoms with Gasteiger partial charge in [-0.2, -0.15) is 28.1 Å². The number of pyridine rings is 1. The summed E-state index contributed by atoms with van der Waals surface area (Å²) in [5.74, 6) is 1.89. The van der Waals surface area contributed by atoms with E-state index in [2.05, 4.69) is 51.3 Å². The van der Waals surface area contributed by atoms with E-state index in [0.717, 1.165) is 31.7 Å². The lowest BCUT2D eigenvalue weighted by Crippen LogP contribution is -2.23. The van der Waals surface area contributed by atoms with Crippen molar-refractivity contribution in [2.24, 2.45) is 11.8 Å². The molecule has 2 heterocycles. The van der Waals surface area contributed by atoms with Gasteiger partial charge in [0.15, 0.2) is 5.82 Å². The van der Waals surface area contributed by atoms with Crippen LogP contribution in [0.25, 0.3) is 11.5 Å². The first-order chi connectivity index (χ1) is 14.2. The van der Waals surface area contributed by atoms with E-state index < -0.39 is 11.9 Å². The lowest BCUT2D eigenvalue weighted by atomic mass is 10.0. The van der Waals surface area contributed by atoms with E-state index in [-0.39, 0.29) is 23.6 Å². The van der Waals surface area contributed by atoms with Gasteiger partial charge >= 0.3 is 6.18 Å². The molecule has 1 aliphatic rings. The zero-order valence-electron chi connectivity index (χ0n) is 17.8. The number of rotatable bonds is 9. The molecule has 3 unspecified atom stereocenters. The molecule has 0 bridgehead atoms. The van der Waals surface area contributed by atoms with Gasteiger partial charge in [-0.1, -0.05) is 26.3 Å². The van der Waals surface area contributed by atoms with E-state index in [1.165, 1.54) is 12.1 Å². The topological polar surface area (TPSA) is 75.6 Å². The maximum absolute atomic E-state index is 13.1. The average Bonchev–Trinajstić information content (AvgIpc) is 3.52. The molecule has 2 N–H and O–H groups in total. The molecule has 0 aromatic carbocycles. The summed E-state index contributed by atoms with van der Waals surface area (Å²) in [7, 11) is 0. The molecule has 9 heteroatoms. The molecule has 2 aromatic rings. The van der Waals surface area contributed by atoms with Crippen LogP contribution in [-0.4, -0.2) is 32.0 Å². The quantitative estimate of drug-likeness (QED) is 0.564. The van der Waals surface area contributed by atoms with Crippen molar-refractivity contribution in [3.63, 3.8) is 0 Å². The van der Waals surface area contributed by atoms with Crippen LogP contribution in [0.2, 0.25) is 0 Å². The lowest BCUT2D eigenvalue weighted by Gasteiger charge is -2.19. The number of aromatic nitrogens is 4. The number of halogens is 3. The van der Waals surface area contributed by atoms with Gasteiger partial charge in [0.25, 0.3) is 0 Å². The minimum atomic E-state index is -4.53. The summed E-state index contributed by atoms with van der Waals surface area (Å²) in [6.07, 6.45) is -0.234. The van der Waals surface area contributed by atoms with Crippen LogP contribution in [0.5, 0.6) is 0 Å². The molecule has 164 valence electrons. The Bertz CT molecular complexity index is 853. The molecular weight excluding hydrogens is 393 g/mol. The van der Waals surface area contributed by atoms with Gasteiger partial charge in [-0.05, 0) is 57.1 Å². The van der Waals surface area contributed by atoms with Crippen LogP contribution in [0.15, 0.2) is 18.2 Å². The molecule has 0 spiro atoms. The maximum Gasteiger partial charge on any atom is 0.433 e. The summed E-state index contributed by atoms with van der Waals surface area (Å²) < 4.78 is 39.3. The highest BCUT2D eigenvalue weighted by atomic mass is 19.4. The Kier molecular flexibility index (Phi) is 6.77. The number of hydrogen-bond acceptors (Lipinski definition) is 6. The van der Waals surface area contributed by atoms with Gasteiger partial charge in [0, 0.05) is 12.1 Å². The van der Waals surface area contributed by atoms with Gasteiger partial charge in [-0.25, -0.2) is 4.98 Å². The number of hydrogen-bond donors (Lipinski definition) is 2. The maximum atomic E-state index is 13.1. The summed E-state index contributed by atoms with van der Waals surface area (Å²) in [6.45, 7) is 8.41. The predicted octanol–water partition coefficient (Wildman–Crippen LogP) is 5.40. The van der Waals surface area contributed by atoms with Crippen molar-refractivity contribution in [1.82, 2.24) is 19.9 Å². The first kappa shape index (κ1) is 22.2. The molecule has 0 amide bonds. The Balaban J connectivity index is 1.91. The van der Waals surface area contributed by atoms with E-state index in [4.69, 9.17) is 0 Å². The summed E-state index contributed by atoms with van der Waals surface area (Å²) in [4.78, 5) is 16.9. The highest BCUT2D eigenvalue weighted by molar-refractivity contribution is 5.54. The van der Waals surface area contributed by atoms with Crippen LogP contribution in [-0.2, 0) is 6.18 Å². The summed E-state index contributed by atoms with van der Waals surface area (Å²) in [6, 6.07) is 4.02. The molecule has 0 aliphatic heterocycles. The van der Waals surface area contributed by atoms with Gasteiger partial charge < -0.3 is 10.6 Å². The molecule has 1 fully saturated rings. The fourth-order valence-electron chi connectivity index (χ4n) is 3.30. The lowest BCUT2D eigenvalue weighted by molar-refractivity contribution is -0.141. The minimum absolute atomic E-state index is 0.0620. The number of alkyl halides is 3. The van der Waals surface area contributed by atoms with Crippen LogP contribution < -0.4 is 10.6 Å². The van der Waals surface area contributed by atoms with Gasteiger partial charge in [0.1, 0.15) is 11.4 Å². The molecule has 6 nitrogen and oxygen atoms in total. The van der Waals surface area contributed by atoms with Crippen molar-refractivity contribution in [3.05, 3.63) is 23.9 Å². The highest BCUT2D eigenvalue weighted by Crippen LogP contribution is 2.34. The zero-order valence-corrected chi connectivity index (χ0v) is 17.8. The summed E-state index contributed by atoms with van der Waals surface area (Å²) in [5.41, 5.74) is -0.909. The third-order valence-corrected chi connectivity index (χ3v) is 5.42. The van der Waals surface area contributed by atoms with Crippen LogP contribution in [0.4, 0.5) is 25.1 Å². The average molecular weight is 422 g/mol. The van der Waals surface area contributed by atoms with Gasteiger partial charge in [0.2, 0.25) is 11.9 Å². The van der Waals surface area contributed by atoms with Crippen molar-refractivity contribution in [2.45, 2.75) is 71.6 Å². The summed E-state index contributed by atoms with van der Waals surface area (Å²) >= 11 is 0. The van der Waals surface area contributed by atoms with E-state index in [0.29, 0.717) is 23.7 Å². The predicted molar refractivity (Wildman–Crippen MR) is 111 cm³/mol. The number of nitrogens with one attached hydrogen (secondary N) is 2. The second kappa shape index (κ2) is 9.14. The third kappa shape index (κ3) is 6.03. The van der Waals surface area contributed by atoms with Crippen molar-refractivity contribution >= 4 is 11.9 Å². The van der Waals surface area contributed by atoms with Crippen LogP contribution in [0.3, 0.4) is 0 Å². The molecule has 2 aromatic heterocycles. The van der Waals surface area contributed by atoms with Crippen molar-refractivity contribution in [1.29, 1.82) is 0 Å². The molecule has 30 heavy (non-hydrogen) atoms. The largest absolute Gasteiger partial charge is 0.433 e. The Labute approximate surface area is 175 Å².